The number of nitrogens with zero attached hydrogens (tertiary/aromatic N) is 3. The zero-order chi connectivity index (χ0) is 10.3. The SMILES string of the molecule is Cc1cc([N+](=O)[O-])c2nn(C)cc2c1. The first kappa shape index (κ1) is 8.68. The Kier molecular flexibility index (Phi) is 1.73. The van der Waals surface area contributed by atoms with Crippen LogP contribution >= 0.6 is 0 Å². The van der Waals surface area contributed by atoms with E-state index in [1.807, 2.05) is 13.0 Å². The molecule has 5 nitrogen and oxygen atoms in total. The summed E-state index contributed by atoms with van der Waals surface area (Å²) in [6.07, 6.45) is 1.77. The number of non-ortho nitro benzene ring substituents is 1. The highest BCUT2D eigenvalue weighted by atomic mass is 16.6. The molecule has 5 heteroatoms. The Balaban J connectivity index is 2.85. The number of benzene rings is 1. The van der Waals surface area contributed by atoms with Crippen molar-refractivity contribution in [2.24, 2.45) is 7.05 Å². The number of nitro groups is 1. The maximum Gasteiger partial charge on any atom is 0.297 e. The summed E-state index contributed by atoms with van der Waals surface area (Å²) in [6, 6.07) is 3.42. The van der Waals surface area contributed by atoms with Crippen LogP contribution in [0.1, 0.15) is 5.56 Å². The molecule has 2 aromatic rings. The van der Waals surface area contributed by atoms with E-state index in [0.717, 1.165) is 10.9 Å². The minimum atomic E-state index is -0.400. The molecule has 0 unspecified atom stereocenters. The van der Waals surface area contributed by atoms with Crippen LogP contribution in [0.25, 0.3) is 10.9 Å². The topological polar surface area (TPSA) is 61.0 Å². The summed E-state index contributed by atoms with van der Waals surface area (Å²) < 4.78 is 1.58. The Morgan fingerprint density at radius 1 is 1.50 bits per heavy atom. The van der Waals surface area contributed by atoms with Gasteiger partial charge in [0.1, 0.15) is 0 Å². The minimum absolute atomic E-state index is 0.0700. The predicted octanol–water partition coefficient (Wildman–Crippen LogP) is 1.79. The Morgan fingerprint density at radius 3 is 2.86 bits per heavy atom. The van der Waals surface area contributed by atoms with E-state index in [0.29, 0.717) is 5.52 Å². The average molecular weight is 191 g/mol. The highest BCUT2D eigenvalue weighted by Crippen LogP contribution is 2.25. The standard InChI is InChI=1S/C9H9N3O2/c1-6-3-7-5-11(2)10-9(7)8(4-6)12(13)14/h3-5H,1-2H3. The molecular formula is C9H9N3O2. The van der Waals surface area contributed by atoms with Gasteiger partial charge in [-0.2, -0.15) is 5.10 Å². The van der Waals surface area contributed by atoms with E-state index in [-0.39, 0.29) is 5.69 Å². The van der Waals surface area contributed by atoms with Gasteiger partial charge in [-0.25, -0.2) is 0 Å². The van der Waals surface area contributed by atoms with Crippen molar-refractivity contribution in [3.8, 4) is 0 Å². The number of hydrogen-bond donors (Lipinski definition) is 0. The van der Waals surface area contributed by atoms with Crippen LogP contribution in [0.15, 0.2) is 18.3 Å². The van der Waals surface area contributed by atoms with Gasteiger partial charge in [-0.05, 0) is 18.6 Å². The monoisotopic (exact) mass is 191 g/mol. The minimum Gasteiger partial charge on any atom is -0.274 e. The molecule has 1 heterocycles. The zero-order valence-electron chi connectivity index (χ0n) is 7.89. The van der Waals surface area contributed by atoms with E-state index in [1.165, 1.54) is 6.07 Å². The number of aryl methyl sites for hydroxylation is 2. The van der Waals surface area contributed by atoms with E-state index in [4.69, 9.17) is 0 Å². The van der Waals surface area contributed by atoms with Crippen LogP contribution in [0.3, 0.4) is 0 Å². The molecule has 0 spiro atoms. The molecule has 0 fully saturated rings. The number of hydrogen-bond acceptors (Lipinski definition) is 3. The molecule has 0 amide bonds. The molecule has 72 valence electrons. The summed E-state index contributed by atoms with van der Waals surface area (Å²) in [5.41, 5.74) is 1.39. The average Bonchev–Trinajstić information content (AvgIpc) is 2.42. The fourth-order valence-corrected chi connectivity index (χ4v) is 1.52. The quantitative estimate of drug-likeness (QED) is 0.510. The molecule has 0 saturated carbocycles. The van der Waals surface area contributed by atoms with Gasteiger partial charge in [-0.1, -0.05) is 0 Å². The third-order valence-electron chi connectivity index (χ3n) is 2.04. The van der Waals surface area contributed by atoms with Gasteiger partial charge >= 0.3 is 0 Å². The molecule has 2 rings (SSSR count). The third-order valence-corrected chi connectivity index (χ3v) is 2.04. The first-order valence-corrected chi connectivity index (χ1v) is 4.16. The second kappa shape index (κ2) is 2.80. The summed E-state index contributed by atoms with van der Waals surface area (Å²) in [7, 11) is 1.75. The van der Waals surface area contributed by atoms with Crippen molar-refractivity contribution in [1.82, 2.24) is 9.78 Å². The molecule has 0 aliphatic carbocycles. The van der Waals surface area contributed by atoms with Gasteiger partial charge in [0.05, 0.1) is 4.92 Å². The Morgan fingerprint density at radius 2 is 2.21 bits per heavy atom. The van der Waals surface area contributed by atoms with Crippen molar-refractivity contribution >= 4 is 16.6 Å². The Hall–Kier alpha value is -1.91. The van der Waals surface area contributed by atoms with Gasteiger partial charge in [0.2, 0.25) is 0 Å². The van der Waals surface area contributed by atoms with Gasteiger partial charge in [0.15, 0.2) is 5.52 Å². The number of nitro benzene ring substituents is 1. The first-order chi connectivity index (χ1) is 6.58. The maximum absolute atomic E-state index is 10.7. The summed E-state index contributed by atoms with van der Waals surface area (Å²) in [5, 5.41) is 15.6. The van der Waals surface area contributed by atoms with Crippen LogP contribution in [0.4, 0.5) is 5.69 Å². The molecule has 0 saturated heterocycles. The van der Waals surface area contributed by atoms with Crippen LogP contribution in [0.5, 0.6) is 0 Å². The van der Waals surface area contributed by atoms with E-state index in [9.17, 15) is 10.1 Å². The molecular weight excluding hydrogens is 182 g/mol. The van der Waals surface area contributed by atoms with Crippen LogP contribution in [0.2, 0.25) is 0 Å². The van der Waals surface area contributed by atoms with Crippen LogP contribution < -0.4 is 0 Å². The van der Waals surface area contributed by atoms with Crippen molar-refractivity contribution in [3.05, 3.63) is 34.0 Å². The van der Waals surface area contributed by atoms with Crippen molar-refractivity contribution in [3.63, 3.8) is 0 Å². The zero-order valence-corrected chi connectivity index (χ0v) is 7.89. The first-order valence-electron chi connectivity index (χ1n) is 4.16. The largest absolute Gasteiger partial charge is 0.297 e. The number of rotatable bonds is 1. The molecule has 1 aromatic carbocycles. The smallest absolute Gasteiger partial charge is 0.274 e. The van der Waals surface area contributed by atoms with Crippen LogP contribution in [0, 0.1) is 17.0 Å². The molecule has 0 N–H and O–H groups in total. The van der Waals surface area contributed by atoms with Gasteiger partial charge < -0.3 is 0 Å². The Labute approximate surface area is 80.1 Å². The van der Waals surface area contributed by atoms with E-state index < -0.39 is 4.92 Å². The van der Waals surface area contributed by atoms with Crippen LogP contribution in [-0.2, 0) is 7.05 Å². The maximum atomic E-state index is 10.7. The third kappa shape index (κ3) is 1.22. The lowest BCUT2D eigenvalue weighted by Crippen LogP contribution is -1.91. The molecule has 14 heavy (non-hydrogen) atoms. The highest BCUT2D eigenvalue weighted by molar-refractivity contribution is 5.87. The second-order valence-corrected chi connectivity index (χ2v) is 3.28. The molecule has 1 aromatic heterocycles. The second-order valence-electron chi connectivity index (χ2n) is 3.28. The Bertz CT molecular complexity index is 516. The lowest BCUT2D eigenvalue weighted by Gasteiger charge is -1.94. The van der Waals surface area contributed by atoms with Gasteiger partial charge in [0, 0.05) is 24.7 Å². The predicted molar refractivity (Wildman–Crippen MR) is 52.1 cm³/mol. The van der Waals surface area contributed by atoms with Gasteiger partial charge in [-0.15, -0.1) is 0 Å². The van der Waals surface area contributed by atoms with Crippen molar-refractivity contribution in [2.45, 2.75) is 6.92 Å². The normalized spacial score (nSPS) is 10.7. The molecule has 0 aliphatic heterocycles. The fraction of sp³-hybridized carbons (Fsp3) is 0.222. The van der Waals surface area contributed by atoms with E-state index in [1.54, 1.807) is 17.9 Å². The summed E-state index contributed by atoms with van der Waals surface area (Å²) in [5.74, 6) is 0. The molecule has 0 bridgehead atoms. The van der Waals surface area contributed by atoms with Gasteiger partial charge in [0.25, 0.3) is 5.69 Å². The molecule has 0 radical (unpaired) electrons. The summed E-state index contributed by atoms with van der Waals surface area (Å²) in [6.45, 7) is 1.83. The van der Waals surface area contributed by atoms with Crippen molar-refractivity contribution in [1.29, 1.82) is 0 Å². The van der Waals surface area contributed by atoms with Crippen molar-refractivity contribution in [2.75, 3.05) is 0 Å². The summed E-state index contributed by atoms with van der Waals surface area (Å²) in [4.78, 5) is 10.3. The van der Waals surface area contributed by atoms with Gasteiger partial charge in [-0.3, -0.25) is 14.8 Å². The van der Waals surface area contributed by atoms with E-state index >= 15 is 0 Å². The van der Waals surface area contributed by atoms with E-state index in [2.05, 4.69) is 5.10 Å². The fourth-order valence-electron chi connectivity index (χ4n) is 1.52. The van der Waals surface area contributed by atoms with Crippen molar-refractivity contribution < 1.29 is 4.92 Å². The number of fused-ring (bicyclic) bond motifs is 1. The molecule has 0 atom stereocenters. The van der Waals surface area contributed by atoms with Crippen LogP contribution in [-0.4, -0.2) is 14.7 Å². The summed E-state index contributed by atoms with van der Waals surface area (Å²) >= 11 is 0. The lowest BCUT2D eigenvalue weighted by molar-refractivity contribution is -0.383. The highest BCUT2D eigenvalue weighted by Gasteiger charge is 2.15. The number of aromatic nitrogens is 2. The lowest BCUT2D eigenvalue weighted by atomic mass is 10.1. The molecule has 0 aliphatic rings.